The fourth-order valence-electron chi connectivity index (χ4n) is 0. The Morgan fingerprint density at radius 1 is 0.800 bits per heavy atom. The van der Waals surface area contributed by atoms with E-state index in [1.54, 1.807) is 0 Å². The van der Waals surface area contributed by atoms with Crippen LogP contribution < -0.4 is 59.1 Å². The zero-order valence-corrected chi connectivity index (χ0v) is 13.7. The predicted octanol–water partition coefficient (Wildman–Crippen LogP) is -9.85. The molecular formula is C2H8Na2O9S2. The first-order chi connectivity index (χ1) is 5.12. The average Bonchev–Trinajstić information content (AvgIpc) is 1.86. The Balaban J connectivity index is -0.0000000370. The molecule has 9 nitrogen and oxygen atoms in total. The third kappa shape index (κ3) is 49.7. The van der Waals surface area contributed by atoms with E-state index in [9.17, 15) is 25.9 Å². The molecule has 84 valence electrons. The van der Waals surface area contributed by atoms with Crippen LogP contribution >= 0.6 is 0 Å². The van der Waals surface area contributed by atoms with Crippen molar-refractivity contribution in [2.75, 3.05) is 11.9 Å². The van der Waals surface area contributed by atoms with Gasteiger partial charge in [0.05, 0.1) is 0 Å². The van der Waals surface area contributed by atoms with Crippen molar-refractivity contribution in [1.29, 1.82) is 0 Å². The number of aliphatic hydroxyl groups is 2. The molecule has 0 rings (SSSR count). The van der Waals surface area contributed by atoms with Crippen LogP contribution in [0.15, 0.2) is 0 Å². The van der Waals surface area contributed by atoms with Gasteiger partial charge in [-0.3, -0.25) is 0 Å². The minimum absolute atomic E-state index is 0. The fraction of sp³-hybridized carbons (Fsp3) is 1.00. The van der Waals surface area contributed by atoms with Gasteiger partial charge >= 0.3 is 59.1 Å². The second-order valence-electron chi connectivity index (χ2n) is 1.37. The standard InChI is InChI=1S/2CH4O4S.2Na.H2O/c2*2-1-6(3,4)5;;;/h2*2H,1H2,(H,3,4,5);;;1H2/q;;2*+1;/p-2. The summed E-state index contributed by atoms with van der Waals surface area (Å²) in [5, 5.41) is 15.0. The van der Waals surface area contributed by atoms with Gasteiger partial charge in [0.25, 0.3) is 0 Å². The van der Waals surface area contributed by atoms with Crippen LogP contribution in [-0.4, -0.2) is 53.5 Å². The van der Waals surface area contributed by atoms with Crippen LogP contribution in [0.4, 0.5) is 0 Å². The fourth-order valence-corrected chi connectivity index (χ4v) is 0. The maximum atomic E-state index is 9.19. The Kier molecular flexibility index (Phi) is 27.6. The van der Waals surface area contributed by atoms with Gasteiger partial charge in [-0.25, -0.2) is 16.8 Å². The largest absolute Gasteiger partial charge is 1.00 e. The monoisotopic (exact) mass is 286 g/mol. The van der Waals surface area contributed by atoms with E-state index in [0.717, 1.165) is 0 Å². The molecule has 0 bridgehead atoms. The van der Waals surface area contributed by atoms with Crippen molar-refractivity contribution < 1.29 is 101 Å². The van der Waals surface area contributed by atoms with Crippen LogP contribution in [0.1, 0.15) is 0 Å². The minimum Gasteiger partial charge on any atom is -0.746 e. The van der Waals surface area contributed by atoms with E-state index < -0.39 is 32.1 Å². The first kappa shape index (κ1) is 30.1. The predicted molar refractivity (Wildman–Crippen MR) is 37.2 cm³/mol. The molecular weight excluding hydrogens is 278 g/mol. The molecule has 0 aliphatic heterocycles. The van der Waals surface area contributed by atoms with E-state index in [-0.39, 0.29) is 64.6 Å². The van der Waals surface area contributed by atoms with Gasteiger partial charge in [0.2, 0.25) is 0 Å². The van der Waals surface area contributed by atoms with Crippen LogP contribution in [0.25, 0.3) is 0 Å². The summed E-state index contributed by atoms with van der Waals surface area (Å²) in [6.45, 7) is 0. The molecule has 0 aliphatic carbocycles. The molecule has 13 heteroatoms. The van der Waals surface area contributed by atoms with E-state index >= 15 is 0 Å². The zero-order valence-electron chi connectivity index (χ0n) is 8.07. The Labute approximate surface area is 131 Å². The van der Waals surface area contributed by atoms with Crippen LogP contribution in [0.5, 0.6) is 0 Å². The Morgan fingerprint density at radius 2 is 0.867 bits per heavy atom. The number of rotatable bonds is 2. The van der Waals surface area contributed by atoms with Crippen LogP contribution in [-0.2, 0) is 20.2 Å². The molecule has 0 saturated heterocycles. The number of hydrogen-bond donors (Lipinski definition) is 2. The summed E-state index contributed by atoms with van der Waals surface area (Å²) < 4.78 is 55.2. The molecule has 4 N–H and O–H groups in total. The summed E-state index contributed by atoms with van der Waals surface area (Å²) in [6, 6.07) is 0. The Bertz CT molecular complexity index is 260. The molecule has 0 spiro atoms. The molecule has 0 aromatic carbocycles. The van der Waals surface area contributed by atoms with Gasteiger partial charge < -0.3 is 24.8 Å². The SMILES string of the molecule is O.O=S(=O)([O-])CO.O=S(=O)([O-])CO.[Na+].[Na+]. The van der Waals surface area contributed by atoms with Crippen molar-refractivity contribution in [2.24, 2.45) is 0 Å². The van der Waals surface area contributed by atoms with Gasteiger partial charge in [-0.1, -0.05) is 0 Å². The third-order valence-corrected chi connectivity index (χ3v) is 0.949. The van der Waals surface area contributed by atoms with Gasteiger partial charge in [0, 0.05) is 0 Å². The van der Waals surface area contributed by atoms with E-state index in [1.165, 1.54) is 0 Å². The van der Waals surface area contributed by atoms with Crippen molar-refractivity contribution >= 4 is 20.2 Å². The van der Waals surface area contributed by atoms with E-state index in [4.69, 9.17) is 10.2 Å². The van der Waals surface area contributed by atoms with E-state index in [1.807, 2.05) is 0 Å². The quantitative estimate of drug-likeness (QED) is 0.369. The Morgan fingerprint density at radius 3 is 0.867 bits per heavy atom. The summed E-state index contributed by atoms with van der Waals surface area (Å²) in [6.07, 6.45) is 0. The maximum Gasteiger partial charge on any atom is 1.00 e. The molecule has 0 aromatic rings. The number of hydrogen-bond acceptors (Lipinski definition) is 8. The van der Waals surface area contributed by atoms with Gasteiger partial charge in [-0.15, -0.1) is 0 Å². The molecule has 0 amide bonds. The molecule has 15 heavy (non-hydrogen) atoms. The summed E-state index contributed by atoms with van der Waals surface area (Å²) in [4.78, 5) is 0. The smallest absolute Gasteiger partial charge is 0.746 e. The van der Waals surface area contributed by atoms with Crippen molar-refractivity contribution in [3.63, 3.8) is 0 Å². The molecule has 0 radical (unpaired) electrons. The normalized spacial score (nSPS) is 9.33. The molecule has 0 heterocycles. The maximum absolute atomic E-state index is 9.19. The first-order valence-corrected chi connectivity index (χ1v) is 5.36. The van der Waals surface area contributed by atoms with Gasteiger partial charge in [0.15, 0.2) is 0 Å². The summed E-state index contributed by atoms with van der Waals surface area (Å²) in [5.74, 6) is -2.62. The molecule has 0 saturated carbocycles. The van der Waals surface area contributed by atoms with Crippen LogP contribution in [0.3, 0.4) is 0 Å². The van der Waals surface area contributed by atoms with Gasteiger partial charge in [-0.05, 0) is 0 Å². The third-order valence-electron chi connectivity index (χ3n) is 0.316. The van der Waals surface area contributed by atoms with Crippen molar-refractivity contribution in [1.82, 2.24) is 0 Å². The molecule has 0 aromatic heterocycles. The van der Waals surface area contributed by atoms with E-state index in [2.05, 4.69) is 0 Å². The summed E-state index contributed by atoms with van der Waals surface area (Å²) in [7, 11) is -8.71. The molecule has 0 aliphatic rings. The van der Waals surface area contributed by atoms with Crippen molar-refractivity contribution in [3.8, 4) is 0 Å². The minimum atomic E-state index is -4.36. The van der Waals surface area contributed by atoms with Gasteiger partial charge in [-0.2, -0.15) is 0 Å². The average molecular weight is 286 g/mol. The van der Waals surface area contributed by atoms with Crippen molar-refractivity contribution in [3.05, 3.63) is 0 Å². The summed E-state index contributed by atoms with van der Waals surface area (Å²) in [5.41, 5.74) is 0. The van der Waals surface area contributed by atoms with E-state index in [0.29, 0.717) is 0 Å². The molecule has 0 fully saturated rings. The first-order valence-electron chi connectivity index (χ1n) is 2.21. The van der Waals surface area contributed by atoms with Crippen molar-refractivity contribution in [2.45, 2.75) is 0 Å². The second-order valence-corrected chi connectivity index (χ2v) is 4.12. The molecule has 0 atom stereocenters. The van der Waals surface area contributed by atoms with Crippen LogP contribution in [0, 0.1) is 0 Å². The van der Waals surface area contributed by atoms with Gasteiger partial charge in [0.1, 0.15) is 32.1 Å². The second kappa shape index (κ2) is 13.8. The zero-order chi connectivity index (χ0) is 10.4. The molecule has 0 unspecified atom stereocenters. The summed E-state index contributed by atoms with van der Waals surface area (Å²) >= 11 is 0. The number of aliphatic hydroxyl groups excluding tert-OH is 2. The van der Waals surface area contributed by atoms with Crippen LogP contribution in [0.2, 0.25) is 0 Å². The Hall–Kier alpha value is 1.70. The topological polar surface area (TPSA) is 186 Å².